The molecule has 1 atom stereocenters. The van der Waals surface area contributed by atoms with Gasteiger partial charge in [-0.3, -0.25) is 4.90 Å². The van der Waals surface area contributed by atoms with E-state index < -0.39 is 0 Å². The first-order chi connectivity index (χ1) is 8.46. The molecule has 1 rings (SSSR count). The lowest BCUT2D eigenvalue weighted by atomic mass is 9.86. The van der Waals surface area contributed by atoms with Gasteiger partial charge in [0.15, 0.2) is 0 Å². The molecule has 0 radical (unpaired) electrons. The lowest BCUT2D eigenvalue weighted by molar-refractivity contribution is -0.0779. The Morgan fingerprint density at radius 1 is 1.28 bits per heavy atom. The molecule has 0 bridgehead atoms. The van der Waals surface area contributed by atoms with E-state index >= 15 is 0 Å². The van der Waals surface area contributed by atoms with Crippen LogP contribution < -0.4 is 0 Å². The molecule has 0 aliphatic carbocycles. The molecular formula is C15H30FNO. The van der Waals surface area contributed by atoms with Gasteiger partial charge in [-0.05, 0) is 24.7 Å². The van der Waals surface area contributed by atoms with E-state index in [4.69, 9.17) is 4.74 Å². The molecule has 0 aromatic carbocycles. The fourth-order valence-electron chi connectivity index (χ4n) is 2.53. The zero-order valence-electron chi connectivity index (χ0n) is 12.5. The molecule has 0 amide bonds. The summed E-state index contributed by atoms with van der Waals surface area (Å²) in [6.07, 6.45) is 5.32. The third-order valence-corrected chi connectivity index (χ3v) is 3.67. The number of hydrogen-bond donors (Lipinski definition) is 0. The van der Waals surface area contributed by atoms with Gasteiger partial charge in [0.1, 0.15) is 6.67 Å². The van der Waals surface area contributed by atoms with Gasteiger partial charge in [-0.25, -0.2) is 4.39 Å². The lowest BCUT2D eigenvalue weighted by Gasteiger charge is -2.44. The number of nitrogens with zero attached hydrogens (tertiary/aromatic N) is 1. The first-order valence-corrected chi connectivity index (χ1v) is 7.38. The standard InChI is InChI=1S/C15H30FNO/c1-5-6-13(7-8-15(2,3)4)17-11-14(12-17)18-10-9-16/h13-14H,5-12H2,1-4H3. The van der Waals surface area contributed by atoms with E-state index in [1.807, 2.05) is 0 Å². The van der Waals surface area contributed by atoms with Gasteiger partial charge in [-0.2, -0.15) is 0 Å². The predicted octanol–water partition coefficient (Wildman–Crippen LogP) is 3.65. The molecule has 1 fully saturated rings. The number of likely N-dealkylation sites (tertiary alicyclic amines) is 1. The number of halogens is 1. The fraction of sp³-hybridized carbons (Fsp3) is 1.00. The van der Waals surface area contributed by atoms with Gasteiger partial charge in [0, 0.05) is 19.1 Å². The number of alkyl halides is 1. The Hall–Kier alpha value is -0.150. The van der Waals surface area contributed by atoms with Crippen LogP contribution in [0.1, 0.15) is 53.4 Å². The second kappa shape index (κ2) is 7.44. The van der Waals surface area contributed by atoms with Crippen LogP contribution in [0, 0.1) is 5.41 Å². The van der Waals surface area contributed by atoms with Crippen LogP contribution in [0.5, 0.6) is 0 Å². The largest absolute Gasteiger partial charge is 0.373 e. The molecule has 1 aliphatic heterocycles. The fourth-order valence-corrected chi connectivity index (χ4v) is 2.53. The highest BCUT2D eigenvalue weighted by Gasteiger charge is 2.32. The quantitative estimate of drug-likeness (QED) is 0.659. The summed E-state index contributed by atoms with van der Waals surface area (Å²) in [5, 5.41) is 0. The molecule has 2 nitrogen and oxygen atoms in total. The Kier molecular flexibility index (Phi) is 6.58. The number of rotatable bonds is 8. The molecule has 3 heteroatoms. The highest BCUT2D eigenvalue weighted by atomic mass is 19.1. The molecule has 108 valence electrons. The van der Waals surface area contributed by atoms with Crippen molar-refractivity contribution in [1.82, 2.24) is 4.90 Å². The van der Waals surface area contributed by atoms with Crippen molar-refractivity contribution in [1.29, 1.82) is 0 Å². The maximum Gasteiger partial charge on any atom is 0.113 e. The topological polar surface area (TPSA) is 12.5 Å². The maximum absolute atomic E-state index is 12.0. The van der Waals surface area contributed by atoms with Crippen molar-refractivity contribution in [2.24, 2.45) is 5.41 Å². The second-order valence-corrected chi connectivity index (χ2v) is 6.68. The summed E-state index contributed by atoms with van der Waals surface area (Å²) in [4.78, 5) is 2.51. The van der Waals surface area contributed by atoms with Gasteiger partial charge >= 0.3 is 0 Å². The van der Waals surface area contributed by atoms with E-state index in [0.29, 0.717) is 11.5 Å². The van der Waals surface area contributed by atoms with Gasteiger partial charge in [-0.1, -0.05) is 34.1 Å². The smallest absolute Gasteiger partial charge is 0.113 e. The third-order valence-electron chi connectivity index (χ3n) is 3.67. The van der Waals surface area contributed by atoms with Crippen molar-refractivity contribution in [3.63, 3.8) is 0 Å². The van der Waals surface area contributed by atoms with Crippen molar-refractivity contribution < 1.29 is 9.13 Å². The minimum Gasteiger partial charge on any atom is -0.373 e. The minimum atomic E-state index is -0.362. The van der Waals surface area contributed by atoms with Crippen LogP contribution in [0.3, 0.4) is 0 Å². The summed E-state index contributed by atoms with van der Waals surface area (Å²) in [5.41, 5.74) is 0.418. The zero-order valence-corrected chi connectivity index (χ0v) is 12.5. The van der Waals surface area contributed by atoms with Crippen LogP contribution >= 0.6 is 0 Å². The molecule has 1 heterocycles. The SMILES string of the molecule is CCCC(CCC(C)(C)C)N1CC(OCCF)C1. The van der Waals surface area contributed by atoms with Crippen LogP contribution in [0.4, 0.5) is 4.39 Å². The van der Waals surface area contributed by atoms with Crippen molar-refractivity contribution in [3.8, 4) is 0 Å². The second-order valence-electron chi connectivity index (χ2n) is 6.68. The molecule has 1 aliphatic rings. The van der Waals surface area contributed by atoms with Crippen molar-refractivity contribution in [2.45, 2.75) is 65.5 Å². The summed E-state index contributed by atoms with van der Waals surface area (Å²) in [6.45, 7) is 11.1. The first-order valence-electron chi connectivity index (χ1n) is 7.38. The van der Waals surface area contributed by atoms with E-state index in [2.05, 4.69) is 32.6 Å². The van der Waals surface area contributed by atoms with E-state index in [9.17, 15) is 4.39 Å². The van der Waals surface area contributed by atoms with Gasteiger partial charge in [0.05, 0.1) is 12.7 Å². The summed E-state index contributed by atoms with van der Waals surface area (Å²) < 4.78 is 17.4. The van der Waals surface area contributed by atoms with Gasteiger partial charge in [-0.15, -0.1) is 0 Å². The average Bonchev–Trinajstić information content (AvgIpc) is 2.22. The van der Waals surface area contributed by atoms with Crippen molar-refractivity contribution in [2.75, 3.05) is 26.4 Å². The van der Waals surface area contributed by atoms with Crippen LogP contribution in [-0.2, 0) is 4.74 Å². The molecule has 1 unspecified atom stereocenters. The third kappa shape index (κ3) is 5.66. The highest BCUT2D eigenvalue weighted by molar-refractivity contribution is 4.87. The zero-order chi connectivity index (χ0) is 13.6. The van der Waals surface area contributed by atoms with Crippen LogP contribution in [0.15, 0.2) is 0 Å². The molecule has 0 aromatic heterocycles. The average molecular weight is 259 g/mol. The number of hydrogen-bond acceptors (Lipinski definition) is 2. The molecule has 0 aromatic rings. The Labute approximate surface area is 112 Å². The predicted molar refractivity (Wildman–Crippen MR) is 74.7 cm³/mol. The minimum absolute atomic E-state index is 0.263. The summed E-state index contributed by atoms with van der Waals surface area (Å²) in [7, 11) is 0. The van der Waals surface area contributed by atoms with Crippen molar-refractivity contribution >= 4 is 0 Å². The highest BCUT2D eigenvalue weighted by Crippen LogP contribution is 2.27. The van der Waals surface area contributed by atoms with E-state index in [1.54, 1.807) is 0 Å². The van der Waals surface area contributed by atoms with E-state index in [-0.39, 0.29) is 19.4 Å². The van der Waals surface area contributed by atoms with E-state index in [0.717, 1.165) is 13.1 Å². The molecule has 0 spiro atoms. The Bertz CT molecular complexity index is 221. The Morgan fingerprint density at radius 3 is 2.44 bits per heavy atom. The van der Waals surface area contributed by atoms with Crippen molar-refractivity contribution in [3.05, 3.63) is 0 Å². The molecule has 18 heavy (non-hydrogen) atoms. The van der Waals surface area contributed by atoms with Crippen LogP contribution in [-0.4, -0.2) is 43.4 Å². The summed E-state index contributed by atoms with van der Waals surface area (Å²) >= 11 is 0. The molecule has 0 saturated carbocycles. The summed E-state index contributed by atoms with van der Waals surface area (Å²) in [6, 6.07) is 0.694. The first kappa shape index (κ1) is 15.9. The monoisotopic (exact) mass is 259 g/mol. The molecule has 1 saturated heterocycles. The van der Waals surface area contributed by atoms with Gasteiger partial charge in [0.2, 0.25) is 0 Å². The van der Waals surface area contributed by atoms with Gasteiger partial charge < -0.3 is 4.74 Å². The summed E-state index contributed by atoms with van der Waals surface area (Å²) in [5.74, 6) is 0. The van der Waals surface area contributed by atoms with E-state index in [1.165, 1.54) is 25.7 Å². The molecule has 0 N–H and O–H groups in total. The maximum atomic E-state index is 12.0. The Balaban J connectivity index is 2.27. The lowest BCUT2D eigenvalue weighted by Crippen LogP contribution is -2.56. The number of ether oxygens (including phenoxy) is 1. The van der Waals surface area contributed by atoms with Gasteiger partial charge in [0.25, 0.3) is 0 Å². The van der Waals surface area contributed by atoms with Crippen LogP contribution in [0.2, 0.25) is 0 Å². The molecular weight excluding hydrogens is 229 g/mol. The normalized spacial score (nSPS) is 19.8. The van der Waals surface area contributed by atoms with Crippen LogP contribution in [0.25, 0.3) is 0 Å². The Morgan fingerprint density at radius 2 is 1.94 bits per heavy atom.